The third-order valence-corrected chi connectivity index (χ3v) is 5.54. The fourth-order valence-corrected chi connectivity index (χ4v) is 3.80. The number of benzene rings is 3. The lowest BCUT2D eigenvalue weighted by molar-refractivity contribution is 0.0844. The Morgan fingerprint density at radius 3 is 2.39 bits per heavy atom. The topological polar surface area (TPSA) is 122 Å². The van der Waals surface area contributed by atoms with E-state index in [2.05, 4.69) is 26.1 Å². The number of nitrogens with zero attached hydrogens (tertiary/aromatic N) is 3. The van der Waals surface area contributed by atoms with E-state index < -0.39 is 23.2 Å². The van der Waals surface area contributed by atoms with Gasteiger partial charge in [-0.2, -0.15) is 10.2 Å². The second kappa shape index (κ2) is 9.26. The molecule has 178 valence electrons. The molecule has 3 aromatic carbocycles. The lowest BCUT2D eigenvalue weighted by Gasteiger charge is -2.08. The predicted molar refractivity (Wildman–Crippen MR) is 131 cm³/mol. The molecule has 0 aliphatic heterocycles. The Bertz CT molecular complexity index is 1670. The number of carbonyl (C=O) groups excluding carboxylic acids is 2. The van der Waals surface area contributed by atoms with Crippen molar-refractivity contribution in [1.29, 1.82) is 0 Å². The second-order valence-corrected chi connectivity index (χ2v) is 8.04. The first kappa shape index (κ1) is 22.7. The fourth-order valence-electron chi connectivity index (χ4n) is 3.80. The Kier molecular flexibility index (Phi) is 5.83. The molecule has 0 aliphatic carbocycles. The van der Waals surface area contributed by atoms with E-state index in [-0.39, 0.29) is 11.3 Å². The van der Waals surface area contributed by atoms with Crippen molar-refractivity contribution in [2.24, 2.45) is 0 Å². The van der Waals surface area contributed by atoms with Crippen molar-refractivity contribution in [3.8, 4) is 16.9 Å². The maximum atomic E-state index is 13.4. The molecule has 5 rings (SSSR count). The van der Waals surface area contributed by atoms with Gasteiger partial charge in [-0.3, -0.25) is 25.2 Å². The van der Waals surface area contributed by atoms with Gasteiger partial charge in [0.1, 0.15) is 11.5 Å². The van der Waals surface area contributed by atoms with Gasteiger partial charge in [-0.15, -0.1) is 0 Å². The summed E-state index contributed by atoms with van der Waals surface area (Å²) in [5, 5.41) is 11.3. The smallest absolute Gasteiger partial charge is 0.267 e. The molecule has 3 N–H and O–H groups in total. The summed E-state index contributed by atoms with van der Waals surface area (Å²) in [5.41, 5.74) is 7.04. The predicted octanol–water partition coefficient (Wildman–Crippen LogP) is 3.30. The Hall–Kier alpha value is -5.12. The highest BCUT2D eigenvalue weighted by Gasteiger charge is 2.21. The molecular formula is C26H19FN6O3. The molecule has 0 atom stereocenters. The Morgan fingerprint density at radius 1 is 0.917 bits per heavy atom. The van der Waals surface area contributed by atoms with E-state index in [1.807, 2.05) is 31.2 Å². The van der Waals surface area contributed by atoms with Gasteiger partial charge < -0.3 is 0 Å². The second-order valence-electron chi connectivity index (χ2n) is 8.04. The quantitative estimate of drug-likeness (QED) is 0.340. The first-order valence-corrected chi connectivity index (χ1v) is 10.9. The van der Waals surface area contributed by atoms with Gasteiger partial charge in [0.05, 0.1) is 16.6 Å². The molecular weight excluding hydrogens is 463 g/mol. The summed E-state index contributed by atoms with van der Waals surface area (Å²) in [7, 11) is 0. The van der Waals surface area contributed by atoms with E-state index in [0.29, 0.717) is 27.7 Å². The summed E-state index contributed by atoms with van der Waals surface area (Å²) in [4.78, 5) is 37.9. The zero-order valence-corrected chi connectivity index (χ0v) is 18.9. The van der Waals surface area contributed by atoms with E-state index in [9.17, 15) is 18.8 Å². The lowest BCUT2D eigenvalue weighted by Crippen LogP contribution is -2.42. The molecule has 5 aromatic rings. The van der Waals surface area contributed by atoms with Crippen LogP contribution in [0, 0.1) is 12.7 Å². The van der Waals surface area contributed by atoms with Gasteiger partial charge >= 0.3 is 0 Å². The van der Waals surface area contributed by atoms with Crippen LogP contribution in [0.1, 0.15) is 26.4 Å². The molecule has 0 aliphatic rings. The Balaban J connectivity index is 1.46. The summed E-state index contributed by atoms with van der Waals surface area (Å²) in [6, 6.07) is 19.6. The summed E-state index contributed by atoms with van der Waals surface area (Å²) < 4.78 is 14.9. The van der Waals surface area contributed by atoms with E-state index in [1.54, 1.807) is 36.4 Å². The fraction of sp³-hybridized carbons (Fsp3) is 0.0385. The van der Waals surface area contributed by atoms with Crippen molar-refractivity contribution in [2.75, 3.05) is 0 Å². The van der Waals surface area contributed by atoms with Gasteiger partial charge in [-0.05, 0) is 43.3 Å². The van der Waals surface area contributed by atoms with Crippen LogP contribution in [0.4, 0.5) is 4.39 Å². The van der Waals surface area contributed by atoms with E-state index in [4.69, 9.17) is 0 Å². The van der Waals surface area contributed by atoms with Crippen molar-refractivity contribution < 1.29 is 14.0 Å². The number of nitrogens with one attached hydrogen (secondary N) is 3. The summed E-state index contributed by atoms with van der Waals surface area (Å²) >= 11 is 0. The van der Waals surface area contributed by atoms with Crippen molar-refractivity contribution >= 4 is 22.6 Å². The number of amides is 2. The van der Waals surface area contributed by atoms with Crippen molar-refractivity contribution in [3.63, 3.8) is 0 Å². The molecule has 10 heteroatoms. The third kappa shape index (κ3) is 4.34. The zero-order chi connectivity index (χ0) is 25.2. The number of halogens is 1. The highest BCUT2D eigenvalue weighted by atomic mass is 19.1. The number of hydrazine groups is 1. The highest BCUT2D eigenvalue weighted by molar-refractivity contribution is 6.06. The molecule has 36 heavy (non-hydrogen) atoms. The van der Waals surface area contributed by atoms with E-state index in [0.717, 1.165) is 5.56 Å². The van der Waals surface area contributed by atoms with Crippen LogP contribution in [0.15, 0.2) is 83.8 Å². The minimum atomic E-state index is -0.709. The van der Waals surface area contributed by atoms with Crippen LogP contribution < -0.4 is 16.4 Å². The maximum absolute atomic E-state index is 13.4. The number of rotatable bonds is 4. The van der Waals surface area contributed by atoms with Crippen LogP contribution >= 0.6 is 0 Å². The van der Waals surface area contributed by atoms with Gasteiger partial charge in [-0.25, -0.2) is 14.2 Å². The van der Waals surface area contributed by atoms with Crippen molar-refractivity contribution in [3.05, 3.63) is 112 Å². The number of hydrogen-bond donors (Lipinski definition) is 3. The number of carbonyl (C=O) groups is 2. The molecule has 9 nitrogen and oxygen atoms in total. The molecule has 2 aromatic heterocycles. The summed E-state index contributed by atoms with van der Waals surface area (Å²) in [5.74, 6) is -1.73. The Labute approximate surface area is 203 Å². The molecule has 0 fully saturated rings. The molecule has 0 saturated carbocycles. The van der Waals surface area contributed by atoms with Crippen LogP contribution in [0.3, 0.4) is 0 Å². The maximum Gasteiger partial charge on any atom is 0.290 e. The summed E-state index contributed by atoms with van der Waals surface area (Å²) in [6.07, 6.45) is 1.50. The zero-order valence-electron chi connectivity index (χ0n) is 18.9. The third-order valence-electron chi connectivity index (χ3n) is 5.54. The van der Waals surface area contributed by atoms with Crippen LogP contribution in [-0.4, -0.2) is 31.8 Å². The minimum absolute atomic E-state index is 0.0496. The number of fused-ring (bicyclic) bond motifs is 1. The number of aromatic nitrogens is 4. The number of aryl methyl sites for hydroxylation is 1. The van der Waals surface area contributed by atoms with Crippen LogP contribution in [-0.2, 0) is 0 Å². The largest absolute Gasteiger partial charge is 0.290 e. The molecule has 0 spiro atoms. The lowest BCUT2D eigenvalue weighted by atomic mass is 10.1. The van der Waals surface area contributed by atoms with Gasteiger partial charge in [-0.1, -0.05) is 42.0 Å². The molecule has 2 heterocycles. The normalized spacial score (nSPS) is 10.8. The average Bonchev–Trinajstić information content (AvgIpc) is 3.34. The minimum Gasteiger partial charge on any atom is -0.267 e. The van der Waals surface area contributed by atoms with Crippen LogP contribution in [0.5, 0.6) is 0 Å². The van der Waals surface area contributed by atoms with Gasteiger partial charge in [0.15, 0.2) is 5.69 Å². The highest BCUT2D eigenvalue weighted by Crippen LogP contribution is 2.25. The van der Waals surface area contributed by atoms with Gasteiger partial charge in [0.25, 0.3) is 17.4 Å². The van der Waals surface area contributed by atoms with Crippen LogP contribution in [0.2, 0.25) is 0 Å². The number of H-pyrrole nitrogens is 1. The first-order valence-electron chi connectivity index (χ1n) is 10.9. The first-order chi connectivity index (χ1) is 17.4. The summed E-state index contributed by atoms with van der Waals surface area (Å²) in [6.45, 7) is 1.92. The van der Waals surface area contributed by atoms with Gasteiger partial charge in [0.2, 0.25) is 0 Å². The van der Waals surface area contributed by atoms with E-state index in [1.165, 1.54) is 23.0 Å². The number of hydrogen-bond acceptors (Lipinski definition) is 5. The molecule has 2 amide bonds. The van der Waals surface area contributed by atoms with Gasteiger partial charge in [0, 0.05) is 17.1 Å². The Morgan fingerprint density at radius 2 is 1.64 bits per heavy atom. The SMILES string of the molecule is Cc1cccc(-c2nn(-c3ccc(F)cc3)cc2C(=O)NNC(=O)c2n[nH]c(=O)c3ccccc23)c1. The van der Waals surface area contributed by atoms with Crippen molar-refractivity contribution in [1.82, 2.24) is 30.8 Å². The molecule has 0 unspecified atom stereocenters. The van der Waals surface area contributed by atoms with Crippen LogP contribution in [0.25, 0.3) is 27.7 Å². The molecule has 0 saturated heterocycles. The monoisotopic (exact) mass is 482 g/mol. The van der Waals surface area contributed by atoms with E-state index >= 15 is 0 Å². The van der Waals surface area contributed by atoms with Crippen molar-refractivity contribution in [2.45, 2.75) is 6.92 Å². The number of aromatic amines is 1. The standard InChI is InChI=1S/C26H19FN6O3/c1-15-5-4-6-16(13-15)22-21(14-33(32-22)18-11-9-17(27)10-12-18)25(35)30-31-26(36)23-19-7-2-3-8-20(19)24(34)29-28-23/h2-14H,1H3,(H,29,34)(H,30,35)(H,31,36). The molecule has 0 radical (unpaired) electrons. The average molecular weight is 482 g/mol. The molecule has 0 bridgehead atoms.